The van der Waals surface area contributed by atoms with Crippen molar-refractivity contribution in [2.75, 3.05) is 0 Å². The third-order valence-electron chi connectivity index (χ3n) is 6.31. The first-order valence-electron chi connectivity index (χ1n) is 8.07. The van der Waals surface area contributed by atoms with E-state index in [0.29, 0.717) is 23.1 Å². The lowest BCUT2D eigenvalue weighted by molar-refractivity contribution is 0.199. The summed E-state index contributed by atoms with van der Waals surface area (Å²) < 4.78 is 0. The number of aryl methyl sites for hydroxylation is 1. The Morgan fingerprint density at radius 1 is 1.24 bits per heavy atom. The van der Waals surface area contributed by atoms with E-state index in [1.54, 1.807) is 11.1 Å². The lowest BCUT2D eigenvalue weighted by atomic mass is 9.62. The Labute approximate surface area is 125 Å². The van der Waals surface area contributed by atoms with Crippen LogP contribution >= 0.6 is 0 Å². The van der Waals surface area contributed by atoms with Crippen LogP contribution in [0.3, 0.4) is 0 Å². The molecule has 3 aliphatic rings. The summed E-state index contributed by atoms with van der Waals surface area (Å²) in [5.74, 6) is 0.674. The van der Waals surface area contributed by atoms with Gasteiger partial charge >= 0.3 is 0 Å². The molecule has 1 aromatic carbocycles. The standard InChI is InChI=1S/C18H22N2O/c1-18-9-8-14-13-5-3-12(20-21)10-11(13)2-4-15(14)16(18)6-7-17(18)19/h3,5,10,16-17H,2,4,6-9,19H2,1H3. The number of hydrogen-bond donors (Lipinski definition) is 1. The molecule has 0 aliphatic heterocycles. The highest BCUT2D eigenvalue weighted by Crippen LogP contribution is 2.57. The van der Waals surface area contributed by atoms with Gasteiger partial charge in [0.15, 0.2) is 0 Å². The number of nitroso groups, excluding NO2 is 1. The van der Waals surface area contributed by atoms with E-state index in [9.17, 15) is 4.91 Å². The number of hydrogen-bond acceptors (Lipinski definition) is 3. The zero-order valence-electron chi connectivity index (χ0n) is 12.6. The summed E-state index contributed by atoms with van der Waals surface area (Å²) >= 11 is 0. The van der Waals surface area contributed by atoms with Gasteiger partial charge in [-0.2, -0.15) is 0 Å². The van der Waals surface area contributed by atoms with Crippen molar-refractivity contribution >= 4 is 11.3 Å². The molecule has 0 amide bonds. The monoisotopic (exact) mass is 282 g/mol. The molecule has 1 aromatic rings. The van der Waals surface area contributed by atoms with Crippen LogP contribution in [0.1, 0.15) is 50.2 Å². The highest BCUT2D eigenvalue weighted by Gasteiger charge is 2.49. The number of nitrogens with two attached hydrogens (primary N) is 1. The lowest BCUT2D eigenvalue weighted by Crippen LogP contribution is -2.41. The smallest absolute Gasteiger partial charge is 0.108 e. The van der Waals surface area contributed by atoms with Crippen LogP contribution in [0.4, 0.5) is 5.69 Å². The second kappa shape index (κ2) is 4.51. The first-order valence-corrected chi connectivity index (χ1v) is 8.07. The molecule has 21 heavy (non-hydrogen) atoms. The molecule has 0 radical (unpaired) electrons. The van der Waals surface area contributed by atoms with Gasteiger partial charge in [-0.25, -0.2) is 0 Å². The molecular formula is C18H22N2O. The van der Waals surface area contributed by atoms with Gasteiger partial charge in [0, 0.05) is 6.04 Å². The molecule has 3 atom stereocenters. The average Bonchev–Trinajstić information content (AvgIpc) is 2.82. The molecule has 0 bridgehead atoms. The van der Waals surface area contributed by atoms with Crippen molar-refractivity contribution in [3.05, 3.63) is 39.8 Å². The van der Waals surface area contributed by atoms with Crippen molar-refractivity contribution in [2.45, 2.75) is 51.5 Å². The fraction of sp³-hybridized carbons (Fsp3) is 0.556. The van der Waals surface area contributed by atoms with E-state index in [1.807, 2.05) is 12.1 Å². The van der Waals surface area contributed by atoms with E-state index >= 15 is 0 Å². The van der Waals surface area contributed by atoms with E-state index < -0.39 is 0 Å². The third-order valence-corrected chi connectivity index (χ3v) is 6.31. The van der Waals surface area contributed by atoms with E-state index in [4.69, 9.17) is 5.73 Å². The zero-order chi connectivity index (χ0) is 14.6. The van der Waals surface area contributed by atoms with Crippen LogP contribution in [-0.4, -0.2) is 6.04 Å². The van der Waals surface area contributed by atoms with Crippen LogP contribution in [0.2, 0.25) is 0 Å². The van der Waals surface area contributed by atoms with Crippen molar-refractivity contribution < 1.29 is 0 Å². The number of nitrogens with zero attached hydrogens (tertiary/aromatic N) is 1. The van der Waals surface area contributed by atoms with E-state index in [2.05, 4.69) is 18.2 Å². The van der Waals surface area contributed by atoms with Gasteiger partial charge < -0.3 is 5.73 Å². The van der Waals surface area contributed by atoms with E-state index in [1.165, 1.54) is 30.4 Å². The Bertz CT molecular complexity index is 649. The third kappa shape index (κ3) is 1.76. The number of benzene rings is 1. The summed E-state index contributed by atoms with van der Waals surface area (Å²) in [6, 6.07) is 6.30. The van der Waals surface area contributed by atoms with Crippen LogP contribution < -0.4 is 5.73 Å². The number of rotatable bonds is 1. The van der Waals surface area contributed by atoms with Gasteiger partial charge in [-0.05, 0) is 83.9 Å². The summed E-state index contributed by atoms with van der Waals surface area (Å²) in [6.07, 6.45) is 6.93. The van der Waals surface area contributed by atoms with Gasteiger partial charge in [-0.3, -0.25) is 0 Å². The summed E-state index contributed by atoms with van der Waals surface area (Å²) in [7, 11) is 0. The van der Waals surface area contributed by atoms with Crippen molar-refractivity contribution in [2.24, 2.45) is 22.2 Å². The molecular weight excluding hydrogens is 260 g/mol. The lowest BCUT2D eigenvalue weighted by Gasteiger charge is -2.44. The molecule has 1 fully saturated rings. The minimum atomic E-state index is 0.306. The van der Waals surface area contributed by atoms with Gasteiger partial charge in [0.2, 0.25) is 0 Å². The topological polar surface area (TPSA) is 55.5 Å². The highest BCUT2D eigenvalue weighted by atomic mass is 16.3. The quantitative estimate of drug-likeness (QED) is 0.780. The highest BCUT2D eigenvalue weighted by molar-refractivity contribution is 5.76. The Hall–Kier alpha value is -1.48. The van der Waals surface area contributed by atoms with Gasteiger partial charge in [-0.15, -0.1) is 4.91 Å². The second-order valence-corrected chi connectivity index (χ2v) is 7.18. The average molecular weight is 282 g/mol. The molecule has 0 saturated heterocycles. The Kier molecular flexibility index (Phi) is 2.83. The molecule has 0 heterocycles. The van der Waals surface area contributed by atoms with Crippen LogP contribution in [0.5, 0.6) is 0 Å². The summed E-state index contributed by atoms with van der Waals surface area (Å²) in [4.78, 5) is 10.7. The van der Waals surface area contributed by atoms with Crippen molar-refractivity contribution in [1.82, 2.24) is 0 Å². The van der Waals surface area contributed by atoms with E-state index in [-0.39, 0.29) is 0 Å². The van der Waals surface area contributed by atoms with Crippen molar-refractivity contribution in [3.8, 4) is 0 Å². The Morgan fingerprint density at radius 2 is 2.10 bits per heavy atom. The predicted octanol–water partition coefficient (Wildman–Crippen LogP) is 4.32. The SMILES string of the molecule is CC12CCC3=C(CCc4cc(N=O)ccc43)C1CCC2N. The van der Waals surface area contributed by atoms with Crippen LogP contribution in [0.15, 0.2) is 28.9 Å². The van der Waals surface area contributed by atoms with Crippen LogP contribution in [-0.2, 0) is 6.42 Å². The number of allylic oxidation sites excluding steroid dienone is 2. The van der Waals surface area contributed by atoms with Crippen LogP contribution in [0, 0.1) is 16.2 Å². The molecule has 3 unspecified atom stereocenters. The molecule has 0 aromatic heterocycles. The molecule has 2 N–H and O–H groups in total. The minimum absolute atomic E-state index is 0.306. The first-order chi connectivity index (χ1) is 10.1. The van der Waals surface area contributed by atoms with E-state index in [0.717, 1.165) is 19.3 Å². The molecule has 110 valence electrons. The zero-order valence-corrected chi connectivity index (χ0v) is 12.6. The predicted molar refractivity (Wildman–Crippen MR) is 85.2 cm³/mol. The van der Waals surface area contributed by atoms with Crippen molar-refractivity contribution in [3.63, 3.8) is 0 Å². The van der Waals surface area contributed by atoms with Gasteiger partial charge in [0.1, 0.15) is 5.69 Å². The minimum Gasteiger partial charge on any atom is -0.327 e. The molecule has 3 heteroatoms. The van der Waals surface area contributed by atoms with Crippen LogP contribution in [0.25, 0.3) is 5.57 Å². The fourth-order valence-corrected chi connectivity index (χ4v) is 5.00. The summed E-state index contributed by atoms with van der Waals surface area (Å²) in [5.41, 5.74) is 13.2. The first kappa shape index (κ1) is 13.2. The molecule has 4 rings (SSSR count). The summed E-state index contributed by atoms with van der Waals surface area (Å²) in [5, 5.41) is 3.07. The molecule has 1 saturated carbocycles. The molecule has 0 spiro atoms. The van der Waals surface area contributed by atoms with Crippen molar-refractivity contribution in [1.29, 1.82) is 0 Å². The van der Waals surface area contributed by atoms with Gasteiger partial charge in [0.05, 0.1) is 0 Å². The number of fused-ring (bicyclic) bond motifs is 4. The van der Waals surface area contributed by atoms with Gasteiger partial charge in [0.25, 0.3) is 0 Å². The maximum atomic E-state index is 10.7. The largest absolute Gasteiger partial charge is 0.327 e. The fourth-order valence-electron chi connectivity index (χ4n) is 5.00. The second-order valence-electron chi connectivity index (χ2n) is 7.18. The maximum Gasteiger partial charge on any atom is 0.108 e. The molecule has 3 aliphatic carbocycles. The molecule has 3 nitrogen and oxygen atoms in total. The maximum absolute atomic E-state index is 10.7. The van der Waals surface area contributed by atoms with Gasteiger partial charge in [-0.1, -0.05) is 18.6 Å². The Balaban J connectivity index is 1.81. The Morgan fingerprint density at radius 3 is 2.90 bits per heavy atom. The summed E-state index contributed by atoms with van der Waals surface area (Å²) in [6.45, 7) is 2.40. The normalized spacial score (nSPS) is 34.2.